The van der Waals surface area contributed by atoms with Crippen molar-refractivity contribution < 1.29 is 5.11 Å². The molecule has 1 fully saturated rings. The van der Waals surface area contributed by atoms with Crippen molar-refractivity contribution in [1.82, 2.24) is 0 Å². The van der Waals surface area contributed by atoms with E-state index in [1.807, 2.05) is 12.1 Å². The fourth-order valence-electron chi connectivity index (χ4n) is 1.82. The molecule has 1 aliphatic rings. The van der Waals surface area contributed by atoms with Crippen molar-refractivity contribution in [3.63, 3.8) is 0 Å². The zero-order chi connectivity index (χ0) is 10.2. The molecule has 1 unspecified atom stereocenters. The molecule has 2 rings (SSSR count). The number of hydrogen-bond acceptors (Lipinski definition) is 2. The molecule has 1 atom stereocenters. The average Bonchev–Trinajstić information content (AvgIpc) is 3.01. The first kappa shape index (κ1) is 9.97. The van der Waals surface area contributed by atoms with Gasteiger partial charge in [-0.05, 0) is 36.5 Å². The molecular weight excluding hydrogens is 198 g/mol. The zero-order valence-electron chi connectivity index (χ0n) is 7.91. The van der Waals surface area contributed by atoms with Gasteiger partial charge < -0.3 is 10.8 Å². The van der Waals surface area contributed by atoms with Gasteiger partial charge in [0.1, 0.15) is 5.60 Å². The van der Waals surface area contributed by atoms with E-state index in [0.29, 0.717) is 10.9 Å². The summed E-state index contributed by atoms with van der Waals surface area (Å²) in [5, 5.41) is 11.0. The topological polar surface area (TPSA) is 46.2 Å². The maximum atomic E-state index is 10.4. The van der Waals surface area contributed by atoms with Gasteiger partial charge in [0.15, 0.2) is 0 Å². The quantitative estimate of drug-likeness (QED) is 0.802. The first-order valence-corrected chi connectivity index (χ1v) is 5.23. The second-order valence-electron chi connectivity index (χ2n) is 3.91. The minimum Gasteiger partial charge on any atom is -0.384 e. The molecule has 1 saturated carbocycles. The molecule has 0 spiro atoms. The summed E-state index contributed by atoms with van der Waals surface area (Å²) in [6.45, 7) is 0.277. The van der Waals surface area contributed by atoms with Crippen LogP contribution in [-0.4, -0.2) is 11.7 Å². The maximum absolute atomic E-state index is 10.4. The van der Waals surface area contributed by atoms with Gasteiger partial charge in [-0.15, -0.1) is 0 Å². The highest BCUT2D eigenvalue weighted by Gasteiger charge is 2.43. The van der Waals surface area contributed by atoms with Crippen molar-refractivity contribution >= 4 is 11.6 Å². The Balaban J connectivity index is 2.31. The number of benzene rings is 1. The van der Waals surface area contributed by atoms with Gasteiger partial charge in [0.2, 0.25) is 0 Å². The lowest BCUT2D eigenvalue weighted by atomic mass is 9.89. The molecule has 0 radical (unpaired) electrons. The molecule has 14 heavy (non-hydrogen) atoms. The van der Waals surface area contributed by atoms with E-state index < -0.39 is 5.60 Å². The summed E-state index contributed by atoms with van der Waals surface area (Å²) in [6.07, 6.45) is 2.13. The zero-order valence-corrected chi connectivity index (χ0v) is 8.67. The fraction of sp³-hybridized carbons (Fsp3) is 0.455. The van der Waals surface area contributed by atoms with E-state index >= 15 is 0 Å². The van der Waals surface area contributed by atoms with E-state index in [-0.39, 0.29) is 6.54 Å². The Morgan fingerprint density at radius 3 is 2.36 bits per heavy atom. The molecule has 76 valence electrons. The average molecular weight is 212 g/mol. The van der Waals surface area contributed by atoms with Crippen LogP contribution in [-0.2, 0) is 5.60 Å². The van der Waals surface area contributed by atoms with E-state index in [4.69, 9.17) is 17.3 Å². The van der Waals surface area contributed by atoms with E-state index in [0.717, 1.165) is 18.4 Å². The summed E-state index contributed by atoms with van der Waals surface area (Å²) >= 11 is 5.79. The summed E-state index contributed by atoms with van der Waals surface area (Å²) in [5.41, 5.74) is 5.67. The van der Waals surface area contributed by atoms with Crippen molar-refractivity contribution in [3.05, 3.63) is 34.9 Å². The molecule has 0 bridgehead atoms. The Bertz CT molecular complexity index is 321. The third kappa shape index (κ3) is 1.65. The van der Waals surface area contributed by atoms with Crippen LogP contribution in [0.3, 0.4) is 0 Å². The summed E-state index contributed by atoms with van der Waals surface area (Å²) in [4.78, 5) is 0. The molecule has 1 aromatic carbocycles. The second-order valence-corrected chi connectivity index (χ2v) is 4.35. The minimum atomic E-state index is -0.843. The number of nitrogens with two attached hydrogens (primary N) is 1. The Hall–Kier alpha value is -0.570. The van der Waals surface area contributed by atoms with Gasteiger partial charge in [0, 0.05) is 11.6 Å². The summed E-state index contributed by atoms with van der Waals surface area (Å²) in [7, 11) is 0. The minimum absolute atomic E-state index is 0.277. The van der Waals surface area contributed by atoms with Crippen molar-refractivity contribution in [2.75, 3.05) is 6.54 Å². The van der Waals surface area contributed by atoms with Gasteiger partial charge in [-0.3, -0.25) is 0 Å². The number of hydrogen-bond donors (Lipinski definition) is 2. The van der Waals surface area contributed by atoms with Crippen LogP contribution in [0.15, 0.2) is 24.3 Å². The van der Waals surface area contributed by atoms with Gasteiger partial charge in [0.05, 0.1) is 0 Å². The normalized spacial score (nSPS) is 20.5. The van der Waals surface area contributed by atoms with Crippen LogP contribution >= 0.6 is 11.6 Å². The monoisotopic (exact) mass is 211 g/mol. The first-order chi connectivity index (χ1) is 6.66. The maximum Gasteiger partial charge on any atom is 0.105 e. The standard InChI is InChI=1S/C11H14ClNO/c12-10-5-3-9(4-6-10)11(14,7-13)8-1-2-8/h3-6,8,14H,1-2,7,13H2. The van der Waals surface area contributed by atoms with Gasteiger partial charge >= 0.3 is 0 Å². The van der Waals surface area contributed by atoms with E-state index in [1.54, 1.807) is 12.1 Å². The van der Waals surface area contributed by atoms with Crippen LogP contribution in [0.2, 0.25) is 5.02 Å². The molecular formula is C11H14ClNO. The second kappa shape index (κ2) is 3.54. The number of aliphatic hydroxyl groups is 1. The van der Waals surface area contributed by atoms with Crippen molar-refractivity contribution in [3.8, 4) is 0 Å². The molecule has 1 aliphatic carbocycles. The summed E-state index contributed by atoms with van der Waals surface area (Å²) < 4.78 is 0. The predicted molar refractivity (Wildman–Crippen MR) is 57.1 cm³/mol. The molecule has 2 nitrogen and oxygen atoms in total. The van der Waals surface area contributed by atoms with Crippen LogP contribution in [0.25, 0.3) is 0 Å². The van der Waals surface area contributed by atoms with Gasteiger partial charge in [-0.1, -0.05) is 23.7 Å². The largest absolute Gasteiger partial charge is 0.384 e. The van der Waals surface area contributed by atoms with Crippen LogP contribution in [0.1, 0.15) is 18.4 Å². The predicted octanol–water partition coefficient (Wildman–Crippen LogP) is 1.90. The Labute approximate surface area is 88.7 Å². The van der Waals surface area contributed by atoms with E-state index in [1.165, 1.54) is 0 Å². The third-order valence-electron chi connectivity index (χ3n) is 2.91. The number of rotatable bonds is 3. The lowest BCUT2D eigenvalue weighted by Crippen LogP contribution is -2.37. The van der Waals surface area contributed by atoms with Crippen LogP contribution in [0, 0.1) is 5.92 Å². The van der Waals surface area contributed by atoms with Crippen LogP contribution < -0.4 is 5.73 Å². The Morgan fingerprint density at radius 1 is 1.36 bits per heavy atom. The highest BCUT2D eigenvalue weighted by molar-refractivity contribution is 6.30. The van der Waals surface area contributed by atoms with Crippen LogP contribution in [0.5, 0.6) is 0 Å². The fourth-order valence-corrected chi connectivity index (χ4v) is 1.95. The van der Waals surface area contributed by atoms with Gasteiger partial charge in [-0.25, -0.2) is 0 Å². The number of halogens is 1. The Morgan fingerprint density at radius 2 is 1.93 bits per heavy atom. The summed E-state index contributed by atoms with van der Waals surface area (Å²) in [6, 6.07) is 7.29. The molecule has 3 N–H and O–H groups in total. The van der Waals surface area contributed by atoms with E-state index in [9.17, 15) is 5.11 Å². The molecule has 0 saturated heterocycles. The lowest BCUT2D eigenvalue weighted by Gasteiger charge is -2.27. The molecule has 3 heteroatoms. The highest BCUT2D eigenvalue weighted by atomic mass is 35.5. The third-order valence-corrected chi connectivity index (χ3v) is 3.16. The molecule has 0 aliphatic heterocycles. The smallest absolute Gasteiger partial charge is 0.105 e. The van der Waals surface area contributed by atoms with Crippen molar-refractivity contribution in [2.24, 2.45) is 11.7 Å². The first-order valence-electron chi connectivity index (χ1n) is 4.85. The Kier molecular flexibility index (Phi) is 2.52. The SMILES string of the molecule is NCC(O)(c1ccc(Cl)cc1)C1CC1. The molecule has 1 aromatic rings. The molecule has 0 aromatic heterocycles. The summed E-state index contributed by atoms with van der Waals surface area (Å²) in [5.74, 6) is 0.327. The van der Waals surface area contributed by atoms with Crippen molar-refractivity contribution in [1.29, 1.82) is 0 Å². The van der Waals surface area contributed by atoms with Crippen LogP contribution in [0.4, 0.5) is 0 Å². The van der Waals surface area contributed by atoms with Gasteiger partial charge in [0.25, 0.3) is 0 Å². The highest BCUT2D eigenvalue weighted by Crippen LogP contribution is 2.45. The lowest BCUT2D eigenvalue weighted by molar-refractivity contribution is 0.0222. The molecule has 0 heterocycles. The van der Waals surface area contributed by atoms with E-state index in [2.05, 4.69) is 0 Å². The van der Waals surface area contributed by atoms with Gasteiger partial charge in [-0.2, -0.15) is 0 Å². The molecule has 0 amide bonds. The van der Waals surface area contributed by atoms with Crippen molar-refractivity contribution in [2.45, 2.75) is 18.4 Å².